The Labute approximate surface area is 164 Å². The quantitative estimate of drug-likeness (QED) is 0.425. The fourth-order valence-electron chi connectivity index (χ4n) is 3.00. The van der Waals surface area contributed by atoms with Crippen molar-refractivity contribution in [1.29, 1.82) is 0 Å². The average molecular weight is 398 g/mol. The summed E-state index contributed by atoms with van der Waals surface area (Å²) in [6.07, 6.45) is 1.42. The second kappa shape index (κ2) is 7.44. The van der Waals surface area contributed by atoms with Crippen molar-refractivity contribution in [1.82, 2.24) is 4.98 Å². The number of H-pyrrole nitrogens is 1. The number of rotatable bonds is 5. The van der Waals surface area contributed by atoms with Gasteiger partial charge in [-0.05, 0) is 35.9 Å². The van der Waals surface area contributed by atoms with Crippen LogP contribution in [0.1, 0.15) is 21.5 Å². The average Bonchev–Trinajstić information content (AvgIpc) is 3.11. The number of benzene rings is 3. The zero-order chi connectivity index (χ0) is 19.7. The van der Waals surface area contributed by atoms with E-state index in [1.807, 2.05) is 30.3 Å². The van der Waals surface area contributed by atoms with Crippen molar-refractivity contribution in [3.05, 3.63) is 100 Å². The maximum absolute atomic E-state index is 14.9. The standard InChI is InChI=1S/C22H14ClF2NO2/c23-14-6-8-18-15(10-14)16(11-26-18)22(27)20-17(24)7-9-19(21(20)25)28-12-13-4-2-1-3-5-13/h1-11,26H,12H2. The minimum absolute atomic E-state index is 0.0969. The van der Waals surface area contributed by atoms with E-state index in [0.717, 1.165) is 11.6 Å². The van der Waals surface area contributed by atoms with Gasteiger partial charge in [0.2, 0.25) is 5.78 Å². The number of fused-ring (bicyclic) bond motifs is 1. The van der Waals surface area contributed by atoms with Crippen molar-refractivity contribution in [2.24, 2.45) is 0 Å². The molecule has 0 aliphatic heterocycles. The molecule has 3 aromatic carbocycles. The minimum Gasteiger partial charge on any atom is -0.486 e. The molecule has 4 aromatic rings. The maximum Gasteiger partial charge on any atom is 0.201 e. The molecule has 0 amide bonds. The number of ketones is 1. The first kappa shape index (κ1) is 18.2. The zero-order valence-corrected chi connectivity index (χ0v) is 15.3. The number of halogens is 3. The monoisotopic (exact) mass is 397 g/mol. The SMILES string of the molecule is O=C(c1c(F)ccc(OCc2ccccc2)c1F)c1c[nH]c2ccc(Cl)cc12. The van der Waals surface area contributed by atoms with Crippen LogP contribution in [0.15, 0.2) is 66.9 Å². The lowest BCUT2D eigenvalue weighted by molar-refractivity contribution is 0.103. The van der Waals surface area contributed by atoms with E-state index in [-0.39, 0.29) is 17.9 Å². The van der Waals surface area contributed by atoms with Gasteiger partial charge in [0.15, 0.2) is 11.6 Å². The fourth-order valence-corrected chi connectivity index (χ4v) is 3.18. The molecule has 0 bridgehead atoms. The molecule has 0 aliphatic rings. The van der Waals surface area contributed by atoms with Crippen molar-refractivity contribution < 1.29 is 18.3 Å². The number of carbonyl (C=O) groups is 1. The molecule has 1 heterocycles. The van der Waals surface area contributed by atoms with Crippen molar-refractivity contribution >= 4 is 28.3 Å². The summed E-state index contributed by atoms with van der Waals surface area (Å²) in [5, 5.41) is 0.911. The van der Waals surface area contributed by atoms with Gasteiger partial charge in [-0.15, -0.1) is 0 Å². The van der Waals surface area contributed by atoms with Gasteiger partial charge in [-0.2, -0.15) is 0 Å². The number of ether oxygens (including phenoxy) is 1. The van der Waals surface area contributed by atoms with Crippen molar-refractivity contribution in [2.75, 3.05) is 0 Å². The van der Waals surface area contributed by atoms with Gasteiger partial charge in [0.05, 0.1) is 5.56 Å². The van der Waals surface area contributed by atoms with Crippen LogP contribution in [-0.2, 0) is 6.61 Å². The fraction of sp³-hybridized carbons (Fsp3) is 0.0455. The van der Waals surface area contributed by atoms with E-state index in [2.05, 4.69) is 4.98 Å². The first-order valence-corrected chi connectivity index (χ1v) is 8.88. The third-order valence-corrected chi connectivity index (χ3v) is 4.64. The van der Waals surface area contributed by atoms with Gasteiger partial charge in [-0.3, -0.25) is 4.79 Å². The number of aromatic nitrogens is 1. The molecule has 1 aromatic heterocycles. The highest BCUT2D eigenvalue weighted by Crippen LogP contribution is 2.29. The molecule has 4 rings (SSSR count). The largest absolute Gasteiger partial charge is 0.486 e. The van der Waals surface area contributed by atoms with E-state index >= 15 is 0 Å². The number of nitrogens with one attached hydrogen (secondary N) is 1. The Morgan fingerprint density at radius 1 is 1.04 bits per heavy atom. The first-order chi connectivity index (χ1) is 13.5. The summed E-state index contributed by atoms with van der Waals surface area (Å²) in [5.74, 6) is -2.96. The van der Waals surface area contributed by atoms with Gasteiger partial charge in [0, 0.05) is 27.7 Å². The molecule has 0 spiro atoms. The van der Waals surface area contributed by atoms with Crippen LogP contribution < -0.4 is 4.74 Å². The van der Waals surface area contributed by atoms with Crippen LogP contribution in [0.4, 0.5) is 8.78 Å². The molecule has 1 N–H and O–H groups in total. The Morgan fingerprint density at radius 3 is 2.61 bits per heavy atom. The molecule has 6 heteroatoms. The van der Waals surface area contributed by atoms with Crippen molar-refractivity contribution in [3.8, 4) is 5.75 Å². The summed E-state index contributed by atoms with van der Waals surface area (Å²) in [6.45, 7) is 0.0969. The highest BCUT2D eigenvalue weighted by Gasteiger charge is 2.24. The number of aromatic amines is 1. The molecule has 0 saturated heterocycles. The predicted molar refractivity (Wildman–Crippen MR) is 104 cm³/mol. The van der Waals surface area contributed by atoms with Crippen LogP contribution >= 0.6 is 11.6 Å². The lowest BCUT2D eigenvalue weighted by atomic mass is 10.0. The Hall–Kier alpha value is -3.18. The summed E-state index contributed by atoms with van der Waals surface area (Å²) in [4.78, 5) is 15.8. The van der Waals surface area contributed by atoms with Gasteiger partial charge >= 0.3 is 0 Å². The number of hydrogen-bond donors (Lipinski definition) is 1. The van der Waals surface area contributed by atoms with Gasteiger partial charge in [-0.1, -0.05) is 41.9 Å². The van der Waals surface area contributed by atoms with E-state index in [9.17, 15) is 13.6 Å². The molecule has 0 atom stereocenters. The van der Waals surface area contributed by atoms with Crippen LogP contribution in [0.3, 0.4) is 0 Å². The van der Waals surface area contributed by atoms with E-state index in [4.69, 9.17) is 16.3 Å². The van der Waals surface area contributed by atoms with E-state index in [1.165, 1.54) is 12.3 Å². The second-order valence-corrected chi connectivity index (χ2v) is 6.67. The first-order valence-electron chi connectivity index (χ1n) is 8.50. The van der Waals surface area contributed by atoms with Gasteiger partial charge in [-0.25, -0.2) is 8.78 Å². The molecule has 140 valence electrons. The van der Waals surface area contributed by atoms with E-state index in [0.29, 0.717) is 15.9 Å². The zero-order valence-electron chi connectivity index (χ0n) is 14.5. The van der Waals surface area contributed by atoms with Gasteiger partial charge in [0.1, 0.15) is 12.4 Å². The second-order valence-electron chi connectivity index (χ2n) is 6.23. The van der Waals surface area contributed by atoms with E-state index in [1.54, 1.807) is 18.2 Å². The van der Waals surface area contributed by atoms with Gasteiger partial charge in [0.25, 0.3) is 0 Å². The lowest BCUT2D eigenvalue weighted by Crippen LogP contribution is -2.09. The maximum atomic E-state index is 14.9. The van der Waals surface area contributed by atoms with Gasteiger partial charge < -0.3 is 9.72 Å². The molecule has 28 heavy (non-hydrogen) atoms. The molecular formula is C22H14ClF2NO2. The third-order valence-electron chi connectivity index (χ3n) is 4.41. The summed E-state index contributed by atoms with van der Waals surface area (Å²) in [5.41, 5.74) is 0.942. The van der Waals surface area contributed by atoms with Crippen LogP contribution in [0.2, 0.25) is 5.02 Å². The van der Waals surface area contributed by atoms with Crippen LogP contribution in [0, 0.1) is 11.6 Å². The Kier molecular flexibility index (Phi) is 4.84. The molecule has 0 radical (unpaired) electrons. The normalized spacial score (nSPS) is 11.0. The molecule has 0 aliphatic carbocycles. The summed E-state index contributed by atoms with van der Waals surface area (Å²) < 4.78 is 34.8. The molecular weight excluding hydrogens is 384 g/mol. The van der Waals surface area contributed by atoms with Crippen LogP contribution in [-0.4, -0.2) is 10.8 Å². The highest BCUT2D eigenvalue weighted by atomic mass is 35.5. The minimum atomic E-state index is -1.03. The molecule has 3 nitrogen and oxygen atoms in total. The topological polar surface area (TPSA) is 42.1 Å². The third kappa shape index (κ3) is 3.37. The molecule has 0 unspecified atom stereocenters. The van der Waals surface area contributed by atoms with E-state index < -0.39 is 23.0 Å². The lowest BCUT2D eigenvalue weighted by Gasteiger charge is -2.11. The predicted octanol–water partition coefficient (Wildman–Crippen LogP) is 5.91. The summed E-state index contributed by atoms with van der Waals surface area (Å²) in [6, 6.07) is 16.3. The van der Waals surface area contributed by atoms with Crippen LogP contribution in [0.5, 0.6) is 5.75 Å². The molecule has 0 saturated carbocycles. The highest BCUT2D eigenvalue weighted by molar-refractivity contribution is 6.31. The van der Waals surface area contributed by atoms with Crippen molar-refractivity contribution in [2.45, 2.75) is 6.61 Å². The van der Waals surface area contributed by atoms with Crippen molar-refractivity contribution in [3.63, 3.8) is 0 Å². The smallest absolute Gasteiger partial charge is 0.201 e. The number of hydrogen-bond acceptors (Lipinski definition) is 2. The van der Waals surface area contributed by atoms with Crippen LogP contribution in [0.25, 0.3) is 10.9 Å². The number of carbonyl (C=O) groups excluding carboxylic acids is 1. The summed E-state index contributed by atoms with van der Waals surface area (Å²) >= 11 is 5.99. The Morgan fingerprint density at radius 2 is 1.82 bits per heavy atom. The summed E-state index contributed by atoms with van der Waals surface area (Å²) in [7, 11) is 0. The molecule has 0 fully saturated rings. The Bertz CT molecular complexity index is 1170. The Balaban J connectivity index is 1.70.